The van der Waals surface area contributed by atoms with Crippen molar-refractivity contribution in [2.24, 2.45) is 0 Å². The van der Waals surface area contributed by atoms with Gasteiger partial charge in [0.05, 0.1) is 0 Å². The molecule has 0 aromatic rings. The third kappa shape index (κ3) is 1.80. The van der Waals surface area contributed by atoms with E-state index in [2.05, 4.69) is 11.1 Å². The predicted octanol–water partition coefficient (Wildman–Crippen LogP) is 2.65. The lowest BCUT2D eigenvalue weighted by molar-refractivity contribution is 0.219. The van der Waals surface area contributed by atoms with Crippen molar-refractivity contribution in [3.63, 3.8) is 0 Å². The van der Waals surface area contributed by atoms with Crippen LogP contribution in [0.2, 0.25) is 0 Å². The Morgan fingerprint density at radius 1 is 0.846 bits per heavy atom. The molecule has 0 aromatic heterocycles. The monoisotopic (exact) mass is 178 g/mol. The molecule has 0 atom stereocenters. The minimum atomic E-state index is 0.591. The third-order valence-electron chi connectivity index (χ3n) is 3.55. The Labute approximate surface area is 80.5 Å². The predicted molar refractivity (Wildman–Crippen MR) is 52.0 cm³/mol. The lowest BCUT2D eigenvalue weighted by atomic mass is 10.1. The number of hydrogen-bond acceptors (Lipinski definition) is 2. The average Bonchev–Trinajstić information content (AvgIpc) is 2.76. The van der Waals surface area contributed by atoms with Gasteiger partial charge in [0.25, 0.3) is 0 Å². The summed E-state index contributed by atoms with van der Waals surface area (Å²) in [5.74, 6) is 0. The molecular formula is C11H18N2. The highest BCUT2D eigenvalue weighted by atomic mass is 15.2. The van der Waals surface area contributed by atoms with Crippen LogP contribution in [0.15, 0.2) is 0 Å². The molecule has 0 amide bonds. The summed E-state index contributed by atoms with van der Waals surface area (Å²) in [7, 11) is 0. The fraction of sp³-hybridized carbons (Fsp3) is 0.909. The quantitative estimate of drug-likeness (QED) is 0.480. The zero-order chi connectivity index (χ0) is 9.10. The lowest BCUT2D eigenvalue weighted by Gasteiger charge is -2.28. The second kappa shape index (κ2) is 4.00. The van der Waals surface area contributed by atoms with Gasteiger partial charge in [-0.1, -0.05) is 25.7 Å². The smallest absolute Gasteiger partial charge is 0.179 e. The molecule has 2 fully saturated rings. The normalized spacial score (nSPS) is 24.8. The van der Waals surface area contributed by atoms with E-state index in [1.54, 1.807) is 0 Å². The number of nitrogens with zero attached hydrogens (tertiary/aromatic N) is 2. The second-order valence-corrected chi connectivity index (χ2v) is 4.38. The average molecular weight is 178 g/mol. The maximum Gasteiger partial charge on any atom is 0.179 e. The Hall–Kier alpha value is -0.710. The Morgan fingerprint density at radius 3 is 1.54 bits per heavy atom. The van der Waals surface area contributed by atoms with Crippen LogP contribution < -0.4 is 0 Å². The van der Waals surface area contributed by atoms with Gasteiger partial charge in [-0.05, 0) is 25.7 Å². The van der Waals surface area contributed by atoms with E-state index in [-0.39, 0.29) is 0 Å². The molecule has 2 heteroatoms. The summed E-state index contributed by atoms with van der Waals surface area (Å²) in [6, 6.07) is 1.18. The fourth-order valence-corrected chi connectivity index (χ4v) is 2.83. The summed E-state index contributed by atoms with van der Waals surface area (Å²) in [5, 5.41) is 9.12. The number of nitriles is 1. The van der Waals surface area contributed by atoms with Crippen LogP contribution in [0.5, 0.6) is 0 Å². The molecule has 13 heavy (non-hydrogen) atoms. The molecule has 2 aliphatic carbocycles. The SMILES string of the molecule is N#CN(C1CCCC1)C1CCCC1. The maximum atomic E-state index is 9.12. The van der Waals surface area contributed by atoms with Crippen molar-refractivity contribution in [1.29, 1.82) is 5.26 Å². The molecule has 0 aromatic carbocycles. The van der Waals surface area contributed by atoms with Gasteiger partial charge in [-0.15, -0.1) is 0 Å². The lowest BCUT2D eigenvalue weighted by Crippen LogP contribution is -2.36. The summed E-state index contributed by atoms with van der Waals surface area (Å²) in [6.45, 7) is 0. The van der Waals surface area contributed by atoms with Gasteiger partial charge in [-0.2, -0.15) is 5.26 Å². The standard InChI is InChI=1S/C11H18N2/c12-9-13(10-5-1-2-6-10)11-7-3-4-8-11/h10-11H,1-8H2. The highest BCUT2D eigenvalue weighted by Crippen LogP contribution is 2.30. The molecule has 2 saturated carbocycles. The molecule has 2 nitrogen and oxygen atoms in total. The van der Waals surface area contributed by atoms with Crippen molar-refractivity contribution in [2.45, 2.75) is 63.5 Å². The Kier molecular flexibility index (Phi) is 2.73. The summed E-state index contributed by atoms with van der Waals surface area (Å²) in [5.41, 5.74) is 0. The topological polar surface area (TPSA) is 27.0 Å². The first-order valence-electron chi connectivity index (χ1n) is 5.60. The van der Waals surface area contributed by atoms with Crippen molar-refractivity contribution in [2.75, 3.05) is 0 Å². The van der Waals surface area contributed by atoms with E-state index < -0.39 is 0 Å². The first-order valence-corrected chi connectivity index (χ1v) is 5.60. The first kappa shape index (κ1) is 8.87. The van der Waals surface area contributed by atoms with Gasteiger partial charge in [0.2, 0.25) is 0 Å². The Morgan fingerprint density at radius 2 is 1.23 bits per heavy atom. The van der Waals surface area contributed by atoms with Crippen molar-refractivity contribution in [1.82, 2.24) is 4.90 Å². The highest BCUT2D eigenvalue weighted by Gasteiger charge is 2.29. The van der Waals surface area contributed by atoms with Gasteiger partial charge in [0.1, 0.15) is 0 Å². The molecule has 0 bridgehead atoms. The summed E-state index contributed by atoms with van der Waals surface area (Å²) in [6.07, 6.45) is 12.8. The molecule has 2 rings (SSSR count). The minimum Gasteiger partial charge on any atom is -0.305 e. The van der Waals surface area contributed by atoms with Crippen LogP contribution in [0.1, 0.15) is 51.4 Å². The third-order valence-corrected chi connectivity index (χ3v) is 3.55. The zero-order valence-electron chi connectivity index (χ0n) is 8.21. The number of rotatable bonds is 2. The molecule has 0 unspecified atom stereocenters. The van der Waals surface area contributed by atoms with Crippen LogP contribution >= 0.6 is 0 Å². The van der Waals surface area contributed by atoms with Crippen LogP contribution in [0, 0.1) is 11.5 Å². The van der Waals surface area contributed by atoms with Crippen LogP contribution in [-0.2, 0) is 0 Å². The molecule has 0 saturated heterocycles. The molecule has 0 N–H and O–H groups in total. The summed E-state index contributed by atoms with van der Waals surface area (Å²) < 4.78 is 0. The second-order valence-electron chi connectivity index (χ2n) is 4.38. The Bertz CT molecular complexity index is 179. The largest absolute Gasteiger partial charge is 0.305 e. The van der Waals surface area contributed by atoms with Gasteiger partial charge in [-0.25, -0.2) is 0 Å². The summed E-state index contributed by atoms with van der Waals surface area (Å²) >= 11 is 0. The van der Waals surface area contributed by atoms with Crippen molar-refractivity contribution in [3.05, 3.63) is 0 Å². The highest BCUT2D eigenvalue weighted by molar-refractivity contribution is 4.92. The van der Waals surface area contributed by atoms with Crippen LogP contribution in [-0.4, -0.2) is 17.0 Å². The van der Waals surface area contributed by atoms with Crippen molar-refractivity contribution in [3.8, 4) is 6.19 Å². The van der Waals surface area contributed by atoms with Crippen LogP contribution in [0.25, 0.3) is 0 Å². The minimum absolute atomic E-state index is 0.591. The summed E-state index contributed by atoms with van der Waals surface area (Å²) in [4.78, 5) is 2.11. The van der Waals surface area contributed by atoms with E-state index in [0.717, 1.165) is 0 Å². The maximum absolute atomic E-state index is 9.12. The number of hydrogen-bond donors (Lipinski definition) is 0. The molecule has 0 heterocycles. The zero-order valence-corrected chi connectivity index (χ0v) is 8.21. The van der Waals surface area contributed by atoms with Gasteiger partial charge in [0, 0.05) is 12.1 Å². The molecule has 0 radical (unpaired) electrons. The van der Waals surface area contributed by atoms with Crippen LogP contribution in [0.4, 0.5) is 0 Å². The molecule has 2 aliphatic rings. The van der Waals surface area contributed by atoms with Gasteiger partial charge >= 0.3 is 0 Å². The van der Waals surface area contributed by atoms with Crippen molar-refractivity contribution < 1.29 is 0 Å². The van der Waals surface area contributed by atoms with E-state index in [9.17, 15) is 0 Å². The van der Waals surface area contributed by atoms with Gasteiger partial charge < -0.3 is 4.90 Å². The van der Waals surface area contributed by atoms with E-state index in [0.29, 0.717) is 12.1 Å². The molecular weight excluding hydrogens is 160 g/mol. The van der Waals surface area contributed by atoms with E-state index in [4.69, 9.17) is 5.26 Å². The van der Waals surface area contributed by atoms with E-state index in [1.807, 2.05) is 0 Å². The molecule has 0 spiro atoms. The van der Waals surface area contributed by atoms with E-state index in [1.165, 1.54) is 51.4 Å². The first-order chi connectivity index (χ1) is 6.42. The van der Waals surface area contributed by atoms with Crippen LogP contribution in [0.3, 0.4) is 0 Å². The molecule has 0 aliphatic heterocycles. The fourth-order valence-electron chi connectivity index (χ4n) is 2.83. The van der Waals surface area contributed by atoms with Crippen molar-refractivity contribution >= 4 is 0 Å². The van der Waals surface area contributed by atoms with E-state index >= 15 is 0 Å². The van der Waals surface area contributed by atoms with Gasteiger partial charge in [-0.3, -0.25) is 0 Å². The van der Waals surface area contributed by atoms with Gasteiger partial charge in [0.15, 0.2) is 6.19 Å². The Balaban J connectivity index is 1.95. The molecule has 72 valence electrons.